The molecule has 0 saturated carbocycles. The summed E-state index contributed by atoms with van der Waals surface area (Å²) in [6, 6.07) is 4.36. The first-order valence-electron chi connectivity index (χ1n) is 6.63. The van der Waals surface area contributed by atoms with E-state index in [1.807, 2.05) is 0 Å². The summed E-state index contributed by atoms with van der Waals surface area (Å²) in [4.78, 5) is 14.2. The molecule has 2 aliphatic rings. The highest BCUT2D eigenvalue weighted by Crippen LogP contribution is 2.36. The Balaban J connectivity index is 1.90. The predicted molar refractivity (Wildman–Crippen MR) is 73.5 cm³/mol. The Morgan fingerprint density at radius 3 is 2.67 bits per heavy atom. The van der Waals surface area contributed by atoms with E-state index in [0.29, 0.717) is 37.6 Å². The van der Waals surface area contributed by atoms with Crippen LogP contribution < -0.4 is 9.88 Å². The topological polar surface area (TPSA) is 98.9 Å². The number of ether oxygens (including phenoxy) is 2. The minimum absolute atomic E-state index is 0.00784. The predicted octanol–water partition coefficient (Wildman–Crippen LogP) is -0.331. The lowest BCUT2D eigenvalue weighted by Crippen LogP contribution is -2.43. The lowest BCUT2D eigenvalue weighted by Gasteiger charge is -2.28. The van der Waals surface area contributed by atoms with E-state index in [1.54, 1.807) is 11.0 Å². The van der Waals surface area contributed by atoms with Gasteiger partial charge in [0.1, 0.15) is 18.3 Å². The van der Waals surface area contributed by atoms with Crippen molar-refractivity contribution in [2.45, 2.75) is 10.8 Å². The van der Waals surface area contributed by atoms with E-state index in [2.05, 4.69) is 0 Å². The van der Waals surface area contributed by atoms with Gasteiger partial charge in [0.25, 0.3) is 0 Å². The second-order valence-corrected chi connectivity index (χ2v) is 6.61. The van der Waals surface area contributed by atoms with Crippen molar-refractivity contribution in [3.05, 3.63) is 23.8 Å². The zero-order chi connectivity index (χ0) is 15.0. The van der Waals surface area contributed by atoms with Gasteiger partial charge in [-0.25, -0.2) is 13.6 Å². The molecule has 0 aliphatic carbocycles. The van der Waals surface area contributed by atoms with E-state index in [0.717, 1.165) is 0 Å². The van der Waals surface area contributed by atoms with Crippen LogP contribution in [0.2, 0.25) is 0 Å². The van der Waals surface area contributed by atoms with Gasteiger partial charge in [0.15, 0.2) is 0 Å². The number of rotatable bonds is 2. The normalized spacial score (nSPS) is 21.8. The number of morpholine rings is 1. The summed E-state index contributed by atoms with van der Waals surface area (Å²) in [6.07, 6.45) is 0. The molecule has 1 unspecified atom stereocenters. The maximum absolute atomic E-state index is 12.5. The van der Waals surface area contributed by atoms with E-state index >= 15 is 0 Å². The molecule has 1 aromatic rings. The smallest absolute Gasteiger partial charge is 0.238 e. The number of hydrogen-bond acceptors (Lipinski definition) is 5. The monoisotopic (exact) mass is 312 g/mol. The Bertz CT molecular complexity index is 667. The number of benzene rings is 1. The van der Waals surface area contributed by atoms with Gasteiger partial charge < -0.3 is 14.4 Å². The summed E-state index contributed by atoms with van der Waals surface area (Å²) >= 11 is 0. The summed E-state index contributed by atoms with van der Waals surface area (Å²) < 4.78 is 33.6. The van der Waals surface area contributed by atoms with Crippen molar-refractivity contribution in [1.29, 1.82) is 0 Å². The molecular weight excluding hydrogens is 296 g/mol. The molecular formula is C13H16N2O5S. The van der Waals surface area contributed by atoms with Crippen molar-refractivity contribution in [3.63, 3.8) is 0 Å². The van der Waals surface area contributed by atoms with Gasteiger partial charge in [0, 0.05) is 18.7 Å². The van der Waals surface area contributed by atoms with Crippen LogP contribution in [0.25, 0.3) is 0 Å². The zero-order valence-corrected chi connectivity index (χ0v) is 12.1. The molecule has 0 radical (unpaired) electrons. The zero-order valence-electron chi connectivity index (χ0n) is 11.3. The molecule has 1 aromatic carbocycles. The standard InChI is InChI=1S/C13H16N2O5S/c14-21(17,18)9-1-2-12-10(7-9)11(8-20-12)13(16)15-3-5-19-6-4-15/h1-2,7,11H,3-6,8H2,(H2,14,17,18). The first kappa shape index (κ1) is 14.3. The minimum atomic E-state index is -3.80. The number of amides is 1. The lowest BCUT2D eigenvalue weighted by molar-refractivity contribution is -0.137. The SMILES string of the molecule is NS(=O)(=O)c1ccc2c(c1)C(C(=O)N1CCOCC1)CO2. The average Bonchev–Trinajstić information content (AvgIpc) is 2.89. The third-order valence-electron chi connectivity index (χ3n) is 3.71. The third-order valence-corrected chi connectivity index (χ3v) is 4.62. The molecule has 0 spiro atoms. The highest BCUT2D eigenvalue weighted by atomic mass is 32.2. The van der Waals surface area contributed by atoms with Crippen LogP contribution >= 0.6 is 0 Å². The van der Waals surface area contributed by atoms with E-state index in [-0.39, 0.29) is 17.4 Å². The van der Waals surface area contributed by atoms with Crippen LogP contribution in [-0.2, 0) is 19.6 Å². The Labute approximate surface area is 122 Å². The molecule has 1 fully saturated rings. The van der Waals surface area contributed by atoms with Crippen molar-refractivity contribution < 1.29 is 22.7 Å². The highest BCUT2D eigenvalue weighted by molar-refractivity contribution is 7.89. The molecule has 1 atom stereocenters. The third kappa shape index (κ3) is 2.74. The van der Waals surface area contributed by atoms with Gasteiger partial charge in [0.05, 0.1) is 18.1 Å². The molecule has 0 bridgehead atoms. The molecule has 1 amide bonds. The van der Waals surface area contributed by atoms with Gasteiger partial charge in [-0.2, -0.15) is 0 Å². The minimum Gasteiger partial charge on any atom is -0.492 e. The second-order valence-electron chi connectivity index (χ2n) is 5.05. The first-order chi connectivity index (χ1) is 9.97. The highest BCUT2D eigenvalue weighted by Gasteiger charge is 2.34. The number of hydrogen-bond donors (Lipinski definition) is 1. The van der Waals surface area contributed by atoms with E-state index in [1.165, 1.54) is 12.1 Å². The van der Waals surface area contributed by atoms with Crippen LogP contribution in [0, 0.1) is 0 Å². The Kier molecular flexibility index (Phi) is 3.60. The Morgan fingerprint density at radius 1 is 1.29 bits per heavy atom. The van der Waals surface area contributed by atoms with E-state index in [4.69, 9.17) is 14.6 Å². The number of carbonyl (C=O) groups is 1. The molecule has 21 heavy (non-hydrogen) atoms. The first-order valence-corrected chi connectivity index (χ1v) is 8.17. The van der Waals surface area contributed by atoms with Crippen molar-refractivity contribution >= 4 is 15.9 Å². The average molecular weight is 312 g/mol. The van der Waals surface area contributed by atoms with Crippen molar-refractivity contribution in [1.82, 2.24) is 4.90 Å². The Hall–Kier alpha value is -1.64. The van der Waals surface area contributed by atoms with Gasteiger partial charge in [-0.15, -0.1) is 0 Å². The summed E-state index contributed by atoms with van der Waals surface area (Å²) in [6.45, 7) is 2.34. The van der Waals surface area contributed by atoms with Gasteiger partial charge in [0.2, 0.25) is 15.9 Å². The molecule has 114 valence electrons. The number of carbonyl (C=O) groups excluding carboxylic acids is 1. The fourth-order valence-corrected chi connectivity index (χ4v) is 3.13. The van der Waals surface area contributed by atoms with E-state index < -0.39 is 15.9 Å². The number of primary sulfonamides is 1. The van der Waals surface area contributed by atoms with E-state index in [9.17, 15) is 13.2 Å². The van der Waals surface area contributed by atoms with Crippen LogP contribution in [0.4, 0.5) is 0 Å². The number of fused-ring (bicyclic) bond motifs is 1. The summed E-state index contributed by atoms with van der Waals surface area (Å²) in [7, 11) is -3.80. The van der Waals surface area contributed by atoms with Crippen LogP contribution in [0.1, 0.15) is 11.5 Å². The molecule has 2 aliphatic heterocycles. The van der Waals surface area contributed by atoms with Crippen LogP contribution in [0.3, 0.4) is 0 Å². The molecule has 0 aromatic heterocycles. The fourth-order valence-electron chi connectivity index (χ4n) is 2.58. The quantitative estimate of drug-likeness (QED) is 0.806. The largest absolute Gasteiger partial charge is 0.492 e. The lowest BCUT2D eigenvalue weighted by atomic mass is 9.99. The van der Waals surface area contributed by atoms with Crippen molar-refractivity contribution in [3.8, 4) is 5.75 Å². The van der Waals surface area contributed by atoms with Crippen molar-refractivity contribution in [2.24, 2.45) is 5.14 Å². The maximum Gasteiger partial charge on any atom is 0.238 e. The maximum atomic E-state index is 12.5. The molecule has 2 N–H and O–H groups in total. The van der Waals surface area contributed by atoms with Crippen LogP contribution in [0.5, 0.6) is 5.75 Å². The summed E-state index contributed by atoms with van der Waals surface area (Å²) in [5, 5.41) is 5.13. The van der Waals surface area contributed by atoms with Crippen molar-refractivity contribution in [2.75, 3.05) is 32.9 Å². The Morgan fingerprint density at radius 2 is 2.00 bits per heavy atom. The molecule has 7 nitrogen and oxygen atoms in total. The van der Waals surface area contributed by atoms with Crippen LogP contribution in [-0.4, -0.2) is 52.1 Å². The fraction of sp³-hybridized carbons (Fsp3) is 0.462. The van der Waals surface area contributed by atoms with Gasteiger partial charge in [-0.1, -0.05) is 0 Å². The van der Waals surface area contributed by atoms with Gasteiger partial charge in [-0.3, -0.25) is 4.79 Å². The number of nitrogens with two attached hydrogens (primary N) is 1. The molecule has 8 heteroatoms. The van der Waals surface area contributed by atoms with Gasteiger partial charge in [-0.05, 0) is 18.2 Å². The molecule has 1 saturated heterocycles. The molecule has 2 heterocycles. The summed E-state index contributed by atoms with van der Waals surface area (Å²) in [5.74, 6) is -0.0163. The number of nitrogens with zero attached hydrogens (tertiary/aromatic N) is 1. The summed E-state index contributed by atoms with van der Waals surface area (Å²) in [5.41, 5.74) is 0.581. The van der Waals surface area contributed by atoms with Crippen LogP contribution in [0.15, 0.2) is 23.1 Å². The molecule has 3 rings (SSSR count). The number of sulfonamides is 1. The van der Waals surface area contributed by atoms with Gasteiger partial charge >= 0.3 is 0 Å². The second kappa shape index (κ2) is 5.28.